The molecule has 1 unspecified atom stereocenters. The van der Waals surface area contributed by atoms with E-state index in [9.17, 15) is 9.59 Å². The minimum Gasteiger partial charge on any atom is -0.481 e. The summed E-state index contributed by atoms with van der Waals surface area (Å²) in [5.74, 6) is -1.05. The molecule has 1 amide bonds. The minimum absolute atomic E-state index is 0.00210. The fraction of sp³-hybridized carbons (Fsp3) is 0.412. The molecule has 0 aliphatic heterocycles. The maximum atomic E-state index is 11.6. The summed E-state index contributed by atoms with van der Waals surface area (Å²) in [6.45, 7) is 4.77. The van der Waals surface area contributed by atoms with Crippen LogP contribution in [0.3, 0.4) is 0 Å². The first kappa shape index (κ1) is 18.7. The second-order valence-electron chi connectivity index (χ2n) is 5.07. The number of hydrogen-bond donors (Lipinski definition) is 2. The largest absolute Gasteiger partial charge is 0.481 e. The molecule has 6 heteroatoms. The Kier molecular flexibility index (Phi) is 9.16. The van der Waals surface area contributed by atoms with Gasteiger partial charge in [-0.25, -0.2) is 4.79 Å². The van der Waals surface area contributed by atoms with E-state index in [2.05, 4.69) is 11.9 Å². The maximum Gasteiger partial charge on any atom is 0.407 e. The number of alkyl carbamates (subject to hydrolysis) is 1. The van der Waals surface area contributed by atoms with Crippen molar-refractivity contribution < 1.29 is 24.2 Å². The van der Waals surface area contributed by atoms with Crippen LogP contribution in [0.4, 0.5) is 4.79 Å². The molecule has 0 aliphatic rings. The van der Waals surface area contributed by atoms with Crippen LogP contribution >= 0.6 is 0 Å². The van der Waals surface area contributed by atoms with E-state index in [1.807, 2.05) is 30.3 Å². The first-order valence-corrected chi connectivity index (χ1v) is 7.46. The standard InChI is InChI=1S/C17H23NO5/c1-2-10-22-12-15(11-16(19)20)8-9-18-17(21)23-13-14-6-4-3-5-7-14/h2-7,15H,1,8-13H2,(H,18,21)(H,19,20). The first-order chi connectivity index (χ1) is 11.1. The summed E-state index contributed by atoms with van der Waals surface area (Å²) in [6.07, 6.45) is 1.59. The van der Waals surface area contributed by atoms with Crippen molar-refractivity contribution in [1.29, 1.82) is 0 Å². The maximum absolute atomic E-state index is 11.6. The minimum atomic E-state index is -0.885. The van der Waals surface area contributed by atoms with Crippen molar-refractivity contribution in [2.24, 2.45) is 5.92 Å². The highest BCUT2D eigenvalue weighted by Crippen LogP contribution is 2.09. The summed E-state index contributed by atoms with van der Waals surface area (Å²) in [5.41, 5.74) is 0.907. The molecule has 0 bridgehead atoms. The van der Waals surface area contributed by atoms with Crippen LogP contribution in [0.25, 0.3) is 0 Å². The highest BCUT2D eigenvalue weighted by atomic mass is 16.5. The van der Waals surface area contributed by atoms with Gasteiger partial charge < -0.3 is 19.9 Å². The predicted octanol–water partition coefficient (Wildman–Crippen LogP) is 2.60. The van der Waals surface area contributed by atoms with Crippen LogP contribution < -0.4 is 5.32 Å². The molecule has 0 saturated carbocycles. The van der Waals surface area contributed by atoms with Gasteiger partial charge in [-0.1, -0.05) is 36.4 Å². The van der Waals surface area contributed by atoms with E-state index in [0.717, 1.165) is 5.56 Å². The summed E-state index contributed by atoms with van der Waals surface area (Å²) >= 11 is 0. The van der Waals surface area contributed by atoms with Gasteiger partial charge in [-0.2, -0.15) is 0 Å². The van der Waals surface area contributed by atoms with Crippen molar-refractivity contribution in [3.05, 3.63) is 48.6 Å². The Balaban J connectivity index is 2.23. The third kappa shape index (κ3) is 9.31. The van der Waals surface area contributed by atoms with Crippen LogP contribution in [0.15, 0.2) is 43.0 Å². The lowest BCUT2D eigenvalue weighted by molar-refractivity contribution is -0.138. The molecule has 0 radical (unpaired) electrons. The monoisotopic (exact) mass is 321 g/mol. The van der Waals surface area contributed by atoms with Crippen LogP contribution in [0.1, 0.15) is 18.4 Å². The molecular weight excluding hydrogens is 298 g/mol. The van der Waals surface area contributed by atoms with Gasteiger partial charge in [0.15, 0.2) is 0 Å². The molecule has 0 aromatic heterocycles. The Bertz CT molecular complexity index is 489. The van der Waals surface area contributed by atoms with Crippen molar-refractivity contribution in [3.8, 4) is 0 Å². The number of ether oxygens (including phenoxy) is 2. The number of carboxylic acids is 1. The van der Waals surface area contributed by atoms with Gasteiger partial charge in [-0.3, -0.25) is 4.79 Å². The van der Waals surface area contributed by atoms with Gasteiger partial charge in [-0.15, -0.1) is 6.58 Å². The second-order valence-corrected chi connectivity index (χ2v) is 5.07. The van der Waals surface area contributed by atoms with Crippen LogP contribution in [0, 0.1) is 5.92 Å². The topological polar surface area (TPSA) is 84.9 Å². The fourth-order valence-corrected chi connectivity index (χ4v) is 1.96. The van der Waals surface area contributed by atoms with Crippen LogP contribution in [-0.4, -0.2) is 36.9 Å². The van der Waals surface area contributed by atoms with E-state index in [1.165, 1.54) is 0 Å². The number of carbonyl (C=O) groups excluding carboxylic acids is 1. The number of hydrogen-bond acceptors (Lipinski definition) is 4. The van der Waals surface area contributed by atoms with Crippen LogP contribution in [-0.2, 0) is 20.9 Å². The van der Waals surface area contributed by atoms with E-state index in [4.69, 9.17) is 14.6 Å². The summed E-state index contributed by atoms with van der Waals surface area (Å²) < 4.78 is 10.4. The predicted molar refractivity (Wildman–Crippen MR) is 86.0 cm³/mol. The lowest BCUT2D eigenvalue weighted by Gasteiger charge is -2.15. The lowest BCUT2D eigenvalue weighted by Crippen LogP contribution is -2.28. The SMILES string of the molecule is C=CCOCC(CCNC(=O)OCc1ccccc1)CC(=O)O. The van der Waals surface area contributed by atoms with Gasteiger partial charge in [0.05, 0.1) is 19.6 Å². The Morgan fingerprint density at radius 2 is 2.04 bits per heavy atom. The van der Waals surface area contributed by atoms with Crippen molar-refractivity contribution >= 4 is 12.1 Å². The molecule has 1 aromatic rings. The Morgan fingerprint density at radius 3 is 2.70 bits per heavy atom. The van der Waals surface area contributed by atoms with Crippen molar-refractivity contribution in [2.45, 2.75) is 19.4 Å². The third-order valence-electron chi connectivity index (χ3n) is 3.09. The molecule has 6 nitrogen and oxygen atoms in total. The van der Waals surface area contributed by atoms with E-state index >= 15 is 0 Å². The molecule has 1 rings (SSSR count). The Morgan fingerprint density at radius 1 is 1.30 bits per heavy atom. The molecule has 2 N–H and O–H groups in total. The van der Waals surface area contributed by atoms with E-state index < -0.39 is 12.1 Å². The number of benzene rings is 1. The molecule has 1 atom stereocenters. The summed E-state index contributed by atoms with van der Waals surface area (Å²) in [7, 11) is 0. The smallest absolute Gasteiger partial charge is 0.407 e. The molecule has 0 spiro atoms. The second kappa shape index (κ2) is 11.3. The van der Waals surface area contributed by atoms with E-state index in [-0.39, 0.29) is 18.9 Å². The highest BCUT2D eigenvalue weighted by molar-refractivity contribution is 5.67. The van der Waals surface area contributed by atoms with Gasteiger partial charge in [0, 0.05) is 6.54 Å². The summed E-state index contributed by atoms with van der Waals surface area (Å²) in [4.78, 5) is 22.4. The number of nitrogens with one attached hydrogen (secondary N) is 1. The average molecular weight is 321 g/mol. The molecule has 0 heterocycles. The third-order valence-corrected chi connectivity index (χ3v) is 3.09. The fourth-order valence-electron chi connectivity index (χ4n) is 1.96. The van der Waals surface area contributed by atoms with Gasteiger partial charge in [0.1, 0.15) is 6.61 Å². The zero-order valence-electron chi connectivity index (χ0n) is 13.1. The van der Waals surface area contributed by atoms with Crippen molar-refractivity contribution in [2.75, 3.05) is 19.8 Å². The molecule has 0 saturated heterocycles. The summed E-state index contributed by atoms with van der Waals surface area (Å²) in [6, 6.07) is 9.37. The molecule has 23 heavy (non-hydrogen) atoms. The van der Waals surface area contributed by atoms with Crippen molar-refractivity contribution in [1.82, 2.24) is 5.32 Å². The first-order valence-electron chi connectivity index (χ1n) is 7.46. The van der Waals surface area contributed by atoms with Crippen LogP contribution in [0.5, 0.6) is 0 Å². The molecule has 0 fully saturated rings. The number of rotatable bonds is 11. The zero-order valence-corrected chi connectivity index (χ0v) is 13.1. The van der Waals surface area contributed by atoms with Gasteiger partial charge in [0.25, 0.3) is 0 Å². The Labute approximate surface area is 136 Å². The number of carboxylic acid groups (broad SMARTS) is 1. The number of aliphatic carboxylic acids is 1. The number of carbonyl (C=O) groups is 2. The van der Waals surface area contributed by atoms with E-state index in [0.29, 0.717) is 26.2 Å². The van der Waals surface area contributed by atoms with E-state index in [1.54, 1.807) is 6.08 Å². The number of amides is 1. The lowest BCUT2D eigenvalue weighted by atomic mass is 10.0. The molecule has 0 aliphatic carbocycles. The molecule has 126 valence electrons. The zero-order chi connectivity index (χ0) is 16.9. The quantitative estimate of drug-likeness (QED) is 0.483. The highest BCUT2D eigenvalue weighted by Gasteiger charge is 2.14. The van der Waals surface area contributed by atoms with Crippen molar-refractivity contribution in [3.63, 3.8) is 0 Å². The average Bonchev–Trinajstić information content (AvgIpc) is 2.53. The molecular formula is C17H23NO5. The van der Waals surface area contributed by atoms with Crippen LogP contribution in [0.2, 0.25) is 0 Å². The Hall–Kier alpha value is -2.34. The summed E-state index contributed by atoms with van der Waals surface area (Å²) in [5, 5.41) is 11.5. The molecule has 1 aromatic carbocycles. The van der Waals surface area contributed by atoms with Gasteiger partial charge in [-0.05, 0) is 17.9 Å². The van der Waals surface area contributed by atoms with Gasteiger partial charge >= 0.3 is 12.1 Å². The normalized spacial score (nSPS) is 11.5. The van der Waals surface area contributed by atoms with Gasteiger partial charge in [0.2, 0.25) is 0 Å².